The molecular formula is C9H10BrF. The minimum atomic E-state index is -0.170. The number of benzene rings is 1. The molecule has 60 valence electrons. The molecular weight excluding hydrogens is 207 g/mol. The molecule has 0 aromatic heterocycles. The summed E-state index contributed by atoms with van der Waals surface area (Å²) in [5, 5.41) is 0. The molecule has 2 heteroatoms. The largest absolute Gasteiger partial charge is 0.206 e. The molecule has 0 amide bonds. The maximum atomic E-state index is 12.9. The summed E-state index contributed by atoms with van der Waals surface area (Å²) in [6, 6.07) is 5.14. The first-order valence-corrected chi connectivity index (χ1v) is 4.48. The Bertz CT molecular complexity index is 245. The average molecular weight is 217 g/mol. The number of hydrogen-bond acceptors (Lipinski definition) is 0. The van der Waals surface area contributed by atoms with E-state index in [2.05, 4.69) is 22.9 Å². The van der Waals surface area contributed by atoms with Crippen molar-refractivity contribution in [1.29, 1.82) is 0 Å². The van der Waals surface area contributed by atoms with Crippen molar-refractivity contribution in [3.8, 4) is 0 Å². The number of rotatable bonds is 2. The Kier molecular flexibility index (Phi) is 3.06. The molecule has 0 bridgehead atoms. The highest BCUT2D eigenvalue weighted by molar-refractivity contribution is 9.10. The van der Waals surface area contributed by atoms with E-state index in [1.165, 1.54) is 6.07 Å². The van der Waals surface area contributed by atoms with Crippen LogP contribution in [0.3, 0.4) is 0 Å². The van der Waals surface area contributed by atoms with Gasteiger partial charge in [-0.3, -0.25) is 0 Å². The van der Waals surface area contributed by atoms with Crippen LogP contribution in [0, 0.1) is 5.82 Å². The van der Waals surface area contributed by atoms with Crippen LogP contribution in [0.15, 0.2) is 22.7 Å². The van der Waals surface area contributed by atoms with Crippen LogP contribution in [0.4, 0.5) is 4.39 Å². The maximum absolute atomic E-state index is 12.9. The summed E-state index contributed by atoms with van der Waals surface area (Å²) in [7, 11) is 0. The van der Waals surface area contributed by atoms with E-state index in [1.54, 1.807) is 6.07 Å². The molecule has 0 nitrogen and oxygen atoms in total. The summed E-state index contributed by atoms with van der Waals surface area (Å²) in [4.78, 5) is 0. The minimum absolute atomic E-state index is 0.170. The fourth-order valence-corrected chi connectivity index (χ4v) is 1.47. The van der Waals surface area contributed by atoms with Crippen molar-refractivity contribution < 1.29 is 4.39 Å². The minimum Gasteiger partial charge on any atom is -0.206 e. The van der Waals surface area contributed by atoms with Gasteiger partial charge in [0.05, 0.1) is 4.47 Å². The van der Waals surface area contributed by atoms with Crippen LogP contribution in [0.25, 0.3) is 0 Å². The van der Waals surface area contributed by atoms with Gasteiger partial charge in [0.2, 0.25) is 0 Å². The first-order chi connectivity index (χ1) is 5.25. The molecule has 0 heterocycles. The fraction of sp³-hybridized carbons (Fsp3) is 0.333. The summed E-state index contributed by atoms with van der Waals surface area (Å²) in [5.74, 6) is -0.170. The standard InChI is InChI=1S/C9H10BrF/c1-2-4-7-5-3-6-8(11)9(7)10/h3,5-6H,2,4H2,1H3. The van der Waals surface area contributed by atoms with Crippen LogP contribution in [-0.2, 0) is 6.42 Å². The van der Waals surface area contributed by atoms with E-state index in [0.29, 0.717) is 4.47 Å². The molecule has 11 heavy (non-hydrogen) atoms. The molecule has 1 aromatic carbocycles. The third-order valence-electron chi connectivity index (χ3n) is 1.55. The van der Waals surface area contributed by atoms with Gasteiger partial charge < -0.3 is 0 Å². The fourth-order valence-electron chi connectivity index (χ4n) is 1.01. The van der Waals surface area contributed by atoms with Gasteiger partial charge in [-0.05, 0) is 34.0 Å². The molecule has 1 aromatic rings. The van der Waals surface area contributed by atoms with Gasteiger partial charge in [0, 0.05) is 0 Å². The zero-order valence-electron chi connectivity index (χ0n) is 6.40. The van der Waals surface area contributed by atoms with Gasteiger partial charge in [0.15, 0.2) is 0 Å². The Hall–Kier alpha value is -0.370. The summed E-state index contributed by atoms with van der Waals surface area (Å²) >= 11 is 3.21. The molecule has 0 atom stereocenters. The van der Waals surface area contributed by atoms with Crippen LogP contribution in [-0.4, -0.2) is 0 Å². The van der Waals surface area contributed by atoms with Crippen molar-refractivity contribution in [3.63, 3.8) is 0 Å². The van der Waals surface area contributed by atoms with Crippen LogP contribution in [0.2, 0.25) is 0 Å². The zero-order chi connectivity index (χ0) is 8.27. The van der Waals surface area contributed by atoms with E-state index in [4.69, 9.17) is 0 Å². The number of halogens is 2. The Morgan fingerprint density at radius 2 is 2.18 bits per heavy atom. The second kappa shape index (κ2) is 3.86. The van der Waals surface area contributed by atoms with Crippen molar-refractivity contribution >= 4 is 15.9 Å². The van der Waals surface area contributed by atoms with Gasteiger partial charge >= 0.3 is 0 Å². The highest BCUT2D eigenvalue weighted by Gasteiger charge is 2.02. The summed E-state index contributed by atoms with van der Waals surface area (Å²) in [6.07, 6.45) is 1.97. The lowest BCUT2D eigenvalue weighted by Crippen LogP contribution is -1.87. The van der Waals surface area contributed by atoms with E-state index in [1.807, 2.05) is 6.07 Å². The third-order valence-corrected chi connectivity index (χ3v) is 2.44. The smallest absolute Gasteiger partial charge is 0.137 e. The maximum Gasteiger partial charge on any atom is 0.137 e. The number of hydrogen-bond donors (Lipinski definition) is 0. The Balaban J connectivity index is 2.96. The SMILES string of the molecule is CCCc1cccc(F)c1Br. The molecule has 0 aliphatic rings. The average Bonchev–Trinajstić information content (AvgIpc) is 1.99. The lowest BCUT2D eigenvalue weighted by atomic mass is 10.1. The molecule has 0 radical (unpaired) electrons. The quantitative estimate of drug-likeness (QED) is 0.710. The van der Waals surface area contributed by atoms with Gasteiger partial charge in [-0.25, -0.2) is 4.39 Å². The van der Waals surface area contributed by atoms with E-state index >= 15 is 0 Å². The van der Waals surface area contributed by atoms with Crippen LogP contribution < -0.4 is 0 Å². The van der Waals surface area contributed by atoms with Crippen LogP contribution >= 0.6 is 15.9 Å². The topological polar surface area (TPSA) is 0 Å². The second-order valence-corrected chi connectivity index (χ2v) is 3.26. The van der Waals surface area contributed by atoms with Crippen LogP contribution in [0.5, 0.6) is 0 Å². The molecule has 0 fully saturated rings. The summed E-state index contributed by atoms with van der Waals surface area (Å²) < 4.78 is 13.5. The molecule has 0 N–H and O–H groups in total. The van der Waals surface area contributed by atoms with Crippen LogP contribution in [0.1, 0.15) is 18.9 Å². The summed E-state index contributed by atoms with van der Waals surface area (Å²) in [5.41, 5.74) is 1.05. The normalized spacial score (nSPS) is 10.1. The van der Waals surface area contributed by atoms with E-state index in [9.17, 15) is 4.39 Å². The second-order valence-electron chi connectivity index (χ2n) is 2.46. The molecule has 0 aliphatic heterocycles. The van der Waals surface area contributed by atoms with Gasteiger partial charge in [-0.15, -0.1) is 0 Å². The molecule has 1 rings (SSSR count). The van der Waals surface area contributed by atoms with E-state index in [-0.39, 0.29) is 5.82 Å². The first-order valence-electron chi connectivity index (χ1n) is 3.68. The zero-order valence-corrected chi connectivity index (χ0v) is 7.99. The van der Waals surface area contributed by atoms with Crippen molar-refractivity contribution in [2.45, 2.75) is 19.8 Å². The third kappa shape index (κ3) is 2.03. The summed E-state index contributed by atoms with van der Waals surface area (Å²) in [6.45, 7) is 2.08. The monoisotopic (exact) mass is 216 g/mol. The molecule has 0 saturated carbocycles. The van der Waals surface area contributed by atoms with E-state index < -0.39 is 0 Å². The highest BCUT2D eigenvalue weighted by atomic mass is 79.9. The van der Waals surface area contributed by atoms with Gasteiger partial charge in [0.1, 0.15) is 5.82 Å². The lowest BCUT2D eigenvalue weighted by molar-refractivity contribution is 0.617. The number of aryl methyl sites for hydroxylation is 1. The predicted octanol–water partition coefficient (Wildman–Crippen LogP) is 3.54. The Morgan fingerprint density at radius 1 is 1.45 bits per heavy atom. The van der Waals surface area contributed by atoms with Crippen molar-refractivity contribution in [2.75, 3.05) is 0 Å². The first kappa shape index (κ1) is 8.72. The van der Waals surface area contributed by atoms with Gasteiger partial charge in [-0.1, -0.05) is 25.5 Å². The Morgan fingerprint density at radius 3 is 2.82 bits per heavy atom. The molecule has 0 aliphatic carbocycles. The van der Waals surface area contributed by atoms with Gasteiger partial charge in [-0.2, -0.15) is 0 Å². The van der Waals surface area contributed by atoms with Gasteiger partial charge in [0.25, 0.3) is 0 Å². The van der Waals surface area contributed by atoms with Crippen molar-refractivity contribution in [1.82, 2.24) is 0 Å². The van der Waals surface area contributed by atoms with Crippen molar-refractivity contribution in [3.05, 3.63) is 34.1 Å². The molecule has 0 saturated heterocycles. The van der Waals surface area contributed by atoms with Crippen molar-refractivity contribution in [2.24, 2.45) is 0 Å². The Labute approximate surface area is 74.6 Å². The molecule has 0 unspecified atom stereocenters. The predicted molar refractivity (Wildman–Crippen MR) is 48.1 cm³/mol. The van der Waals surface area contributed by atoms with E-state index in [0.717, 1.165) is 18.4 Å². The lowest BCUT2D eigenvalue weighted by Gasteiger charge is -2.01. The highest BCUT2D eigenvalue weighted by Crippen LogP contribution is 2.21. The molecule has 0 spiro atoms.